The monoisotopic (exact) mass is 722 g/mol. The van der Waals surface area contributed by atoms with Crippen LogP contribution < -0.4 is 0 Å². The van der Waals surface area contributed by atoms with Gasteiger partial charge < -0.3 is 8.98 Å². The van der Waals surface area contributed by atoms with Crippen LogP contribution in [0.5, 0.6) is 0 Å². The van der Waals surface area contributed by atoms with Crippen molar-refractivity contribution in [1.82, 2.24) is 19.5 Å². The minimum atomic E-state index is -0.0894. The highest BCUT2D eigenvalue weighted by atomic mass is 16.3. The maximum absolute atomic E-state index is 6.27. The molecule has 0 atom stereocenters. The molecule has 5 nitrogen and oxygen atoms in total. The van der Waals surface area contributed by atoms with E-state index in [1.54, 1.807) is 0 Å². The van der Waals surface area contributed by atoms with Crippen molar-refractivity contribution in [2.75, 3.05) is 0 Å². The molecular weight excluding hydrogens is 685 g/mol. The molecule has 0 N–H and O–H groups in total. The van der Waals surface area contributed by atoms with E-state index in [2.05, 4.69) is 129 Å². The molecule has 268 valence electrons. The number of fused-ring (bicyclic) bond motifs is 9. The van der Waals surface area contributed by atoms with E-state index < -0.39 is 0 Å². The zero-order valence-corrected chi connectivity index (χ0v) is 31.7. The van der Waals surface area contributed by atoms with E-state index in [1.807, 2.05) is 60.7 Å². The molecule has 1 aliphatic carbocycles. The summed E-state index contributed by atoms with van der Waals surface area (Å²) in [5.74, 6) is 1.83. The standard InChI is InChI=1S/C51H38N4O/c1-50(2)40-24-11-8-20-34(40)38-30-43-39(29-41(38)51(50,3)4)35-21-9-12-25-42(35)55(43)33-19-14-18-32(28-33)48-52-47(31-16-6-5-7-17-31)53-49(54-48)37-23-15-27-45-46(37)36-22-10-13-26-44(36)56-45/h5-30H,1-4H3. The summed E-state index contributed by atoms with van der Waals surface area (Å²) >= 11 is 0. The lowest BCUT2D eigenvalue weighted by atomic mass is 9.55. The van der Waals surface area contributed by atoms with Crippen molar-refractivity contribution >= 4 is 43.7 Å². The van der Waals surface area contributed by atoms with Gasteiger partial charge >= 0.3 is 0 Å². The number of benzene rings is 7. The quantitative estimate of drug-likeness (QED) is 0.181. The lowest BCUT2D eigenvalue weighted by Gasteiger charge is -2.48. The van der Waals surface area contributed by atoms with Gasteiger partial charge in [0.25, 0.3) is 0 Å². The summed E-state index contributed by atoms with van der Waals surface area (Å²) in [7, 11) is 0. The van der Waals surface area contributed by atoms with Crippen LogP contribution in [-0.2, 0) is 10.8 Å². The Balaban J connectivity index is 1.14. The van der Waals surface area contributed by atoms with Crippen molar-refractivity contribution in [3.63, 3.8) is 0 Å². The molecule has 3 heterocycles. The second kappa shape index (κ2) is 11.8. The smallest absolute Gasteiger partial charge is 0.164 e. The highest BCUT2D eigenvalue weighted by Crippen LogP contribution is 2.55. The van der Waals surface area contributed by atoms with Gasteiger partial charge in [-0.25, -0.2) is 15.0 Å². The van der Waals surface area contributed by atoms with Crippen LogP contribution in [0.1, 0.15) is 38.8 Å². The van der Waals surface area contributed by atoms with Crippen LogP contribution in [0.4, 0.5) is 0 Å². The molecule has 0 bridgehead atoms. The van der Waals surface area contributed by atoms with E-state index >= 15 is 0 Å². The van der Waals surface area contributed by atoms with E-state index in [0.29, 0.717) is 17.5 Å². The average Bonchev–Trinajstić information content (AvgIpc) is 3.78. The molecule has 5 heteroatoms. The number of furan rings is 1. The Morgan fingerprint density at radius 3 is 1.91 bits per heavy atom. The van der Waals surface area contributed by atoms with E-state index in [0.717, 1.165) is 49.8 Å². The number of para-hydroxylation sites is 2. The fourth-order valence-electron chi connectivity index (χ4n) is 9.06. The fourth-order valence-corrected chi connectivity index (χ4v) is 9.06. The largest absolute Gasteiger partial charge is 0.456 e. The van der Waals surface area contributed by atoms with Crippen molar-refractivity contribution in [3.05, 3.63) is 169 Å². The van der Waals surface area contributed by atoms with Gasteiger partial charge in [-0.2, -0.15) is 0 Å². The zero-order chi connectivity index (χ0) is 37.8. The summed E-state index contributed by atoms with van der Waals surface area (Å²) in [6, 6.07) is 55.6. The van der Waals surface area contributed by atoms with E-state index in [-0.39, 0.29) is 10.8 Å². The molecule has 0 fully saturated rings. The molecular formula is C51H38N4O. The molecule has 3 aromatic heterocycles. The molecule has 0 radical (unpaired) electrons. The Morgan fingerprint density at radius 1 is 0.429 bits per heavy atom. The number of hydrogen-bond acceptors (Lipinski definition) is 4. The maximum Gasteiger partial charge on any atom is 0.164 e. The van der Waals surface area contributed by atoms with Crippen molar-refractivity contribution in [1.29, 1.82) is 0 Å². The van der Waals surface area contributed by atoms with Crippen LogP contribution in [0.15, 0.2) is 162 Å². The minimum absolute atomic E-state index is 0.0464. The van der Waals surface area contributed by atoms with Gasteiger partial charge in [0.15, 0.2) is 17.5 Å². The normalized spacial score (nSPS) is 14.4. The fraction of sp³-hybridized carbons (Fsp3) is 0.118. The molecule has 10 aromatic rings. The zero-order valence-electron chi connectivity index (χ0n) is 31.7. The summed E-state index contributed by atoms with van der Waals surface area (Å²) in [5.41, 5.74) is 13.0. The van der Waals surface area contributed by atoms with Crippen molar-refractivity contribution in [2.45, 2.75) is 38.5 Å². The summed E-state index contributed by atoms with van der Waals surface area (Å²) in [6.45, 7) is 9.58. The van der Waals surface area contributed by atoms with E-state index in [4.69, 9.17) is 19.4 Å². The Bertz CT molecular complexity index is 3200. The Labute approximate surface area is 324 Å². The van der Waals surface area contributed by atoms with Crippen LogP contribution in [0.25, 0.3) is 94.7 Å². The molecule has 0 aliphatic heterocycles. The summed E-state index contributed by atoms with van der Waals surface area (Å²) in [5, 5.41) is 4.51. The third kappa shape index (κ3) is 4.64. The Kier molecular flexibility index (Phi) is 6.88. The van der Waals surface area contributed by atoms with Gasteiger partial charge in [-0.05, 0) is 75.5 Å². The number of nitrogens with zero attached hydrogens (tertiary/aromatic N) is 4. The van der Waals surface area contributed by atoms with Gasteiger partial charge in [-0.15, -0.1) is 0 Å². The lowest BCUT2D eigenvalue weighted by Crippen LogP contribution is -2.43. The van der Waals surface area contributed by atoms with Gasteiger partial charge in [0.1, 0.15) is 11.2 Å². The SMILES string of the molecule is CC1(C)c2ccccc2-c2cc3c(cc2C1(C)C)c1ccccc1n3-c1cccc(-c2nc(-c3ccccc3)nc(-c3cccc4oc5ccccc5c34)n2)c1. The van der Waals surface area contributed by atoms with Crippen LogP contribution >= 0.6 is 0 Å². The van der Waals surface area contributed by atoms with Gasteiger partial charge in [0.2, 0.25) is 0 Å². The maximum atomic E-state index is 6.27. The van der Waals surface area contributed by atoms with Crippen LogP contribution in [0.3, 0.4) is 0 Å². The highest BCUT2D eigenvalue weighted by molar-refractivity contribution is 6.12. The number of rotatable bonds is 4. The predicted octanol–water partition coefficient (Wildman–Crippen LogP) is 13.1. The average molecular weight is 723 g/mol. The summed E-state index contributed by atoms with van der Waals surface area (Å²) < 4.78 is 8.68. The second-order valence-electron chi connectivity index (χ2n) is 16.1. The first kappa shape index (κ1) is 32.6. The van der Waals surface area contributed by atoms with Gasteiger partial charge in [-0.3, -0.25) is 0 Å². The molecule has 0 amide bonds. The first-order valence-corrected chi connectivity index (χ1v) is 19.3. The number of hydrogen-bond donors (Lipinski definition) is 0. The third-order valence-electron chi connectivity index (χ3n) is 12.6. The molecule has 0 unspecified atom stereocenters. The molecule has 0 saturated carbocycles. The first-order chi connectivity index (χ1) is 27.3. The molecule has 11 rings (SSSR count). The summed E-state index contributed by atoms with van der Waals surface area (Å²) in [6.07, 6.45) is 0. The van der Waals surface area contributed by atoms with Gasteiger partial charge in [0, 0.05) is 43.9 Å². The van der Waals surface area contributed by atoms with Crippen molar-refractivity contribution in [3.8, 4) is 51.0 Å². The molecule has 56 heavy (non-hydrogen) atoms. The molecule has 7 aromatic carbocycles. The van der Waals surface area contributed by atoms with Gasteiger partial charge in [0.05, 0.1) is 11.0 Å². The second-order valence-corrected chi connectivity index (χ2v) is 16.1. The minimum Gasteiger partial charge on any atom is -0.456 e. The topological polar surface area (TPSA) is 56.7 Å². The van der Waals surface area contributed by atoms with Crippen LogP contribution in [0, 0.1) is 0 Å². The van der Waals surface area contributed by atoms with Crippen LogP contribution in [-0.4, -0.2) is 19.5 Å². The molecule has 0 saturated heterocycles. The molecule has 0 spiro atoms. The Hall–Kier alpha value is -6.85. The predicted molar refractivity (Wildman–Crippen MR) is 229 cm³/mol. The third-order valence-corrected chi connectivity index (χ3v) is 12.6. The Morgan fingerprint density at radius 2 is 1.05 bits per heavy atom. The van der Waals surface area contributed by atoms with E-state index in [9.17, 15) is 0 Å². The van der Waals surface area contributed by atoms with Crippen molar-refractivity contribution in [2.24, 2.45) is 0 Å². The lowest BCUT2D eigenvalue weighted by molar-refractivity contribution is 0.299. The van der Waals surface area contributed by atoms with Crippen molar-refractivity contribution < 1.29 is 4.42 Å². The highest BCUT2D eigenvalue weighted by Gasteiger charge is 2.46. The number of aromatic nitrogens is 4. The first-order valence-electron chi connectivity index (χ1n) is 19.3. The van der Waals surface area contributed by atoms with E-state index in [1.165, 1.54) is 38.5 Å². The molecule has 1 aliphatic rings. The summed E-state index contributed by atoms with van der Waals surface area (Å²) in [4.78, 5) is 15.5. The van der Waals surface area contributed by atoms with Crippen LogP contribution in [0.2, 0.25) is 0 Å². The van der Waals surface area contributed by atoms with Gasteiger partial charge in [-0.1, -0.05) is 143 Å².